The van der Waals surface area contributed by atoms with E-state index in [9.17, 15) is 0 Å². The van der Waals surface area contributed by atoms with Crippen LogP contribution in [0.2, 0.25) is 0 Å². The molecule has 0 radical (unpaired) electrons. The van der Waals surface area contributed by atoms with Gasteiger partial charge < -0.3 is 13.3 Å². The number of fused-ring (bicyclic) bond motifs is 16. The van der Waals surface area contributed by atoms with Crippen LogP contribution in [0.25, 0.3) is 252 Å². The van der Waals surface area contributed by atoms with E-state index in [0.717, 1.165) is 219 Å². The molecule has 26 aromatic rings. The van der Waals surface area contributed by atoms with Crippen LogP contribution in [0, 0.1) is 0 Å². The number of rotatable bonds is 10. The minimum atomic E-state index is -0.399. The zero-order valence-corrected chi connectivity index (χ0v) is 68.1. The van der Waals surface area contributed by atoms with Crippen LogP contribution in [-0.4, -0.2) is 0 Å². The van der Waals surface area contributed by atoms with Crippen molar-refractivity contribution >= 4 is 141 Å². The third-order valence-corrected chi connectivity index (χ3v) is 24.9. The summed E-state index contributed by atoms with van der Waals surface area (Å²) in [5.41, 5.74) is 22.7. The molecule has 0 fully saturated rings. The van der Waals surface area contributed by atoms with Crippen molar-refractivity contribution in [1.29, 1.82) is 0 Å². The van der Waals surface area contributed by atoms with Crippen LogP contribution >= 0.6 is 0 Å². The predicted octanol–water partition coefficient (Wildman–Crippen LogP) is 35.5. The van der Waals surface area contributed by atoms with Gasteiger partial charge in [0.1, 0.15) is 33.5 Å². The lowest BCUT2D eigenvalue weighted by atomic mass is 9.84. The normalized spacial score (nSPS) is 13.3. The molecule has 3 aromatic heterocycles. The highest BCUT2D eigenvalue weighted by Gasteiger charge is 2.25. The maximum Gasteiger partial charge on any atom is 0.136 e. The van der Waals surface area contributed by atoms with E-state index >= 15 is 0 Å². The Balaban J connectivity index is 0.000000115. The van der Waals surface area contributed by atoms with Gasteiger partial charge in [-0.2, -0.15) is 0 Å². The van der Waals surface area contributed by atoms with Crippen LogP contribution in [0.1, 0.15) is 20.6 Å². The summed E-state index contributed by atoms with van der Waals surface area (Å²) in [6.07, 6.45) is 0. The topological polar surface area (TPSA) is 39.4 Å². The second-order valence-electron chi connectivity index (χ2n) is 31.8. The number of benzene rings is 23. The van der Waals surface area contributed by atoms with Crippen LogP contribution in [0.3, 0.4) is 0 Å². The van der Waals surface area contributed by atoms with Gasteiger partial charge in [-0.25, -0.2) is 0 Å². The van der Waals surface area contributed by atoms with Crippen molar-refractivity contribution in [2.24, 2.45) is 0 Å². The summed E-state index contributed by atoms with van der Waals surface area (Å²) in [7, 11) is 0. The molecule has 0 aliphatic rings. The molecule has 0 aliphatic carbocycles. The number of hydrogen-bond donors (Lipinski definition) is 0. The second kappa shape index (κ2) is 31.3. The van der Waals surface area contributed by atoms with Crippen LogP contribution in [0.4, 0.5) is 0 Å². The number of para-hydroxylation sites is 3. The lowest BCUT2D eigenvalue weighted by molar-refractivity contribution is 0.668. The molecular formula is C124H78O3. The first-order chi connectivity index (χ1) is 69.3. The maximum atomic E-state index is 8.86. The molecule has 592 valence electrons. The van der Waals surface area contributed by atoms with Gasteiger partial charge in [-0.15, -0.1) is 0 Å². The molecule has 0 amide bonds. The fourth-order valence-electron chi connectivity index (χ4n) is 19.5. The number of furan rings is 3. The minimum Gasteiger partial charge on any atom is -0.456 e. The third-order valence-electron chi connectivity index (χ3n) is 24.9. The number of hydrogen-bond acceptors (Lipinski definition) is 3. The van der Waals surface area contributed by atoms with E-state index in [-0.39, 0.29) is 89.2 Å². The van der Waals surface area contributed by atoms with Gasteiger partial charge in [-0.1, -0.05) is 430 Å². The molecule has 0 bridgehead atoms. The van der Waals surface area contributed by atoms with Crippen LogP contribution in [0.15, 0.2) is 486 Å². The van der Waals surface area contributed by atoms with Gasteiger partial charge in [-0.05, 0) is 224 Å². The molecule has 26 rings (SSSR count). The van der Waals surface area contributed by atoms with Gasteiger partial charge >= 0.3 is 0 Å². The molecule has 0 saturated heterocycles. The quantitative estimate of drug-likeness (QED) is 0.128. The largest absolute Gasteiger partial charge is 0.456 e. The molecule has 3 nitrogen and oxygen atoms in total. The van der Waals surface area contributed by atoms with E-state index in [1.165, 1.54) is 0 Å². The highest BCUT2D eigenvalue weighted by atomic mass is 16.3. The Morgan fingerprint density at radius 1 is 0.134 bits per heavy atom. The Morgan fingerprint density at radius 2 is 0.409 bits per heavy atom. The third kappa shape index (κ3) is 12.7. The molecule has 127 heavy (non-hydrogen) atoms. The average molecular weight is 1630 g/mol. The van der Waals surface area contributed by atoms with E-state index in [1.54, 1.807) is 0 Å². The van der Waals surface area contributed by atoms with Gasteiger partial charge in [0.15, 0.2) is 0 Å². The molecular weight excluding hydrogens is 1540 g/mol. The summed E-state index contributed by atoms with van der Waals surface area (Å²) in [4.78, 5) is 0. The fourth-order valence-corrected chi connectivity index (χ4v) is 19.5. The van der Waals surface area contributed by atoms with Crippen molar-refractivity contribution in [2.45, 2.75) is 0 Å². The predicted molar refractivity (Wildman–Crippen MR) is 538 cm³/mol. The average Bonchev–Trinajstić information content (AvgIpc) is 1.13. The zero-order chi connectivity index (χ0) is 96.9. The first kappa shape index (κ1) is 59.9. The Bertz CT molecular complexity index is 9550. The summed E-state index contributed by atoms with van der Waals surface area (Å²) < 4.78 is 146. The van der Waals surface area contributed by atoms with Crippen LogP contribution < -0.4 is 0 Å². The molecule has 3 heterocycles. The van der Waals surface area contributed by atoms with E-state index in [0.29, 0.717) is 16.7 Å². The van der Waals surface area contributed by atoms with E-state index in [4.69, 9.17) is 33.8 Å². The Kier molecular flexibility index (Phi) is 14.8. The van der Waals surface area contributed by atoms with E-state index < -0.39 is 18.1 Å². The fraction of sp³-hybridized carbons (Fsp3) is 0. The highest BCUT2D eigenvalue weighted by molar-refractivity contribution is 6.27. The van der Waals surface area contributed by atoms with Crippen LogP contribution in [-0.2, 0) is 0 Å². The molecule has 3 heteroatoms. The van der Waals surface area contributed by atoms with Gasteiger partial charge in [0.25, 0.3) is 0 Å². The van der Waals surface area contributed by atoms with Crippen molar-refractivity contribution in [3.8, 4) is 111 Å². The van der Waals surface area contributed by atoms with Crippen molar-refractivity contribution in [1.82, 2.24) is 0 Å². The first-order valence-electron chi connectivity index (χ1n) is 49.9. The zero-order valence-electron chi connectivity index (χ0n) is 83.1. The Hall–Kier alpha value is -16.7. The maximum absolute atomic E-state index is 8.86. The summed E-state index contributed by atoms with van der Waals surface area (Å²) >= 11 is 0. The van der Waals surface area contributed by atoms with Crippen molar-refractivity contribution in [2.75, 3.05) is 0 Å². The summed E-state index contributed by atoms with van der Waals surface area (Å²) in [6.45, 7) is 0. The molecule has 0 aliphatic heterocycles. The minimum absolute atomic E-state index is 0.204. The highest BCUT2D eigenvalue weighted by Crippen LogP contribution is 2.52. The van der Waals surface area contributed by atoms with Crippen molar-refractivity contribution in [3.05, 3.63) is 473 Å². The second-order valence-corrected chi connectivity index (χ2v) is 31.8. The monoisotopic (exact) mass is 1630 g/mol. The molecule has 0 atom stereocenters. The van der Waals surface area contributed by atoms with Gasteiger partial charge in [0.2, 0.25) is 0 Å². The van der Waals surface area contributed by atoms with Gasteiger partial charge in [0.05, 0.1) is 20.6 Å². The first-order valence-corrected chi connectivity index (χ1v) is 42.4. The van der Waals surface area contributed by atoms with E-state index in [1.807, 2.05) is 200 Å². The SMILES string of the molecule is [2H]c1c([2H])c([2H])c(-c2c3ccccc3c(-c3ccc(-c4c(-c5ccccc5)ccc5oc6ccccc6c45)cc3)c3ccccc23)c([2H])c1[2H].[2H]c1c([2H])c([2H])c(-c2c3ccccc3c(-c3ccc(-c4ccc5oc6ccccc6c5c4)c4ccccc34)c3ccccc23)c([2H])c1[2H].[2H]c1c([2H])c([2H])c(-c2c3ccccc3c(-c3ccc(-c4cccc5oc6ccccc6c45)cc3)c3ccccc23)c([2H])c1[2H]. The summed E-state index contributed by atoms with van der Waals surface area (Å²) in [5, 5.41) is 19.3. The van der Waals surface area contributed by atoms with Gasteiger partial charge in [0, 0.05) is 37.9 Å². The summed E-state index contributed by atoms with van der Waals surface area (Å²) in [5.74, 6) is 0. The lowest BCUT2D eigenvalue weighted by Crippen LogP contribution is -1.92. The standard InChI is InChI=1S/C44H28O.C42H26O.C38H24O/c1-3-13-29(14-4-1)33-27-28-40-44(38-21-11-12-22-39(38)45-40)43(33)32-25-23-31(24-26-32)42-36-19-9-7-17-34(36)41(30-15-5-2-6-16-30)35-18-8-10-20-37(35)42;1-2-12-27(13-3-1)41-33-17-6-8-19-35(33)42(36-20-9-7-18-34(36)41)37-24-23-29(30-14-4-5-15-31(30)37)28-22-25-40-38(26-28)32-16-10-11-21-39(32)43-40;1-2-11-26(12-3-1)36-29-13-4-6-15-31(29)37(32-16-7-5-14-30(32)36)27-23-21-25(22-24-27)28-18-10-20-35-38(28)33-17-8-9-19-34(33)39-35/h1-28H;1-26H;1-24H/i2D,5D,6D,15D,16D;1D,2D,3D,12D,13D;1D,2D,3D,11D,12D. The van der Waals surface area contributed by atoms with Gasteiger partial charge in [-0.3, -0.25) is 0 Å². The van der Waals surface area contributed by atoms with Crippen molar-refractivity contribution in [3.63, 3.8) is 0 Å². The molecule has 23 aromatic carbocycles. The van der Waals surface area contributed by atoms with E-state index in [2.05, 4.69) is 182 Å². The molecule has 0 N–H and O–H groups in total. The lowest BCUT2D eigenvalue weighted by Gasteiger charge is -2.19. The molecule has 0 saturated carbocycles. The Morgan fingerprint density at radius 3 is 0.850 bits per heavy atom. The van der Waals surface area contributed by atoms with Crippen molar-refractivity contribution < 1.29 is 33.8 Å². The summed E-state index contributed by atoms with van der Waals surface area (Å²) in [6, 6.07) is 125. The smallest absolute Gasteiger partial charge is 0.136 e. The Labute approximate surface area is 754 Å². The van der Waals surface area contributed by atoms with Crippen LogP contribution in [0.5, 0.6) is 0 Å². The molecule has 0 unspecified atom stereocenters. The molecule has 0 spiro atoms.